The number of benzene rings is 3. The van der Waals surface area contributed by atoms with Crippen LogP contribution in [0.5, 0.6) is 0 Å². The number of nitrogens with one attached hydrogen (secondary N) is 2. The first kappa shape index (κ1) is 27.9. The van der Waals surface area contributed by atoms with Crippen molar-refractivity contribution in [1.29, 1.82) is 0 Å². The van der Waals surface area contributed by atoms with Gasteiger partial charge in [0.1, 0.15) is 6.61 Å². The van der Waals surface area contributed by atoms with Gasteiger partial charge in [0.2, 0.25) is 5.91 Å². The van der Waals surface area contributed by atoms with Crippen molar-refractivity contribution < 1.29 is 29.0 Å². The number of carboxylic acid groups (broad SMARTS) is 1. The third-order valence-corrected chi connectivity index (χ3v) is 7.00. The minimum atomic E-state index is -1.23. The maximum absolute atomic E-state index is 12.7. The normalized spacial score (nSPS) is 14.4. The molecule has 0 aromatic heterocycles. The van der Waals surface area contributed by atoms with E-state index < -0.39 is 36.2 Å². The van der Waals surface area contributed by atoms with Gasteiger partial charge in [0.05, 0.1) is 12.7 Å². The van der Waals surface area contributed by atoms with Crippen LogP contribution < -0.4 is 10.6 Å². The molecular weight excluding hydrogens is 496 g/mol. The van der Waals surface area contributed by atoms with Crippen molar-refractivity contribution in [2.75, 3.05) is 6.61 Å². The summed E-state index contributed by atoms with van der Waals surface area (Å²) in [5.74, 6) is -1.76. The number of ether oxygens (including phenoxy) is 2. The molecule has 39 heavy (non-hydrogen) atoms. The Morgan fingerprint density at radius 1 is 0.872 bits per heavy atom. The van der Waals surface area contributed by atoms with Crippen LogP contribution in [0, 0.1) is 0 Å². The monoisotopic (exact) mass is 530 g/mol. The Morgan fingerprint density at radius 3 is 2.05 bits per heavy atom. The zero-order chi connectivity index (χ0) is 27.8. The number of aliphatic carboxylic acids is 1. The van der Waals surface area contributed by atoms with E-state index in [1.807, 2.05) is 73.7 Å². The largest absolute Gasteiger partial charge is 0.480 e. The molecule has 0 radical (unpaired) electrons. The number of rotatable bonds is 12. The average Bonchev–Trinajstić information content (AvgIpc) is 3.27. The number of alkyl carbamates (subject to hydrolysis) is 1. The lowest BCUT2D eigenvalue weighted by Gasteiger charge is -2.23. The van der Waals surface area contributed by atoms with Gasteiger partial charge < -0.3 is 25.2 Å². The summed E-state index contributed by atoms with van der Waals surface area (Å²) in [5.41, 5.74) is 5.40. The van der Waals surface area contributed by atoms with Crippen LogP contribution in [-0.2, 0) is 25.7 Å². The van der Waals surface area contributed by atoms with Gasteiger partial charge in [-0.2, -0.15) is 0 Å². The molecule has 8 heteroatoms. The predicted molar refractivity (Wildman–Crippen MR) is 147 cm³/mol. The van der Waals surface area contributed by atoms with E-state index in [9.17, 15) is 19.5 Å². The summed E-state index contributed by atoms with van der Waals surface area (Å²) in [6.45, 7) is 3.83. The number of hydrogen-bond acceptors (Lipinski definition) is 5. The van der Waals surface area contributed by atoms with E-state index >= 15 is 0 Å². The second-order valence-electron chi connectivity index (χ2n) is 9.66. The van der Waals surface area contributed by atoms with Crippen molar-refractivity contribution in [1.82, 2.24) is 10.6 Å². The molecule has 0 bridgehead atoms. The molecule has 3 aromatic carbocycles. The van der Waals surface area contributed by atoms with Crippen molar-refractivity contribution in [3.8, 4) is 11.1 Å². The van der Waals surface area contributed by atoms with Crippen molar-refractivity contribution in [3.63, 3.8) is 0 Å². The molecule has 4 rings (SSSR count). The van der Waals surface area contributed by atoms with E-state index in [-0.39, 0.29) is 25.6 Å². The van der Waals surface area contributed by atoms with Gasteiger partial charge in [-0.25, -0.2) is 9.59 Å². The number of carboxylic acids is 1. The van der Waals surface area contributed by atoms with Gasteiger partial charge in [0, 0.05) is 18.4 Å². The van der Waals surface area contributed by atoms with Gasteiger partial charge in [0.15, 0.2) is 6.04 Å². The summed E-state index contributed by atoms with van der Waals surface area (Å²) < 4.78 is 11.3. The summed E-state index contributed by atoms with van der Waals surface area (Å²) in [7, 11) is 0. The molecule has 1 aliphatic carbocycles. The van der Waals surface area contributed by atoms with Crippen molar-refractivity contribution >= 4 is 18.0 Å². The molecule has 0 unspecified atom stereocenters. The number of hydrogen-bond donors (Lipinski definition) is 3. The predicted octanol–water partition coefficient (Wildman–Crippen LogP) is 4.87. The number of carbonyl (C=O) groups is 3. The van der Waals surface area contributed by atoms with E-state index in [4.69, 9.17) is 9.47 Å². The molecule has 0 spiro atoms. The summed E-state index contributed by atoms with van der Waals surface area (Å²) in [6.07, 6.45) is -1.00. The molecule has 8 nitrogen and oxygen atoms in total. The minimum absolute atomic E-state index is 0.0692. The van der Waals surface area contributed by atoms with Gasteiger partial charge in [-0.3, -0.25) is 4.79 Å². The van der Waals surface area contributed by atoms with Crippen LogP contribution in [0.25, 0.3) is 11.1 Å². The number of fused-ring (bicyclic) bond motifs is 3. The highest BCUT2D eigenvalue weighted by Gasteiger charge is 2.30. The van der Waals surface area contributed by atoms with Crippen LogP contribution >= 0.6 is 0 Å². The van der Waals surface area contributed by atoms with Crippen LogP contribution in [0.4, 0.5) is 4.79 Å². The molecule has 0 saturated heterocycles. The average molecular weight is 531 g/mol. The topological polar surface area (TPSA) is 114 Å². The number of carbonyl (C=O) groups excluding carboxylic acids is 2. The molecule has 0 fully saturated rings. The van der Waals surface area contributed by atoms with Crippen LogP contribution in [0.2, 0.25) is 0 Å². The highest BCUT2D eigenvalue weighted by atomic mass is 16.5. The van der Waals surface area contributed by atoms with Crippen LogP contribution in [0.3, 0.4) is 0 Å². The Labute approximate surface area is 228 Å². The number of amides is 2. The molecule has 1 aliphatic rings. The first-order valence-corrected chi connectivity index (χ1v) is 13.2. The summed E-state index contributed by atoms with van der Waals surface area (Å²) >= 11 is 0. The second kappa shape index (κ2) is 13.1. The molecule has 2 amide bonds. The zero-order valence-electron chi connectivity index (χ0n) is 22.1. The minimum Gasteiger partial charge on any atom is -0.480 e. The van der Waals surface area contributed by atoms with Crippen LogP contribution in [-0.4, -0.2) is 47.9 Å². The van der Waals surface area contributed by atoms with Gasteiger partial charge in [0.25, 0.3) is 0 Å². The maximum Gasteiger partial charge on any atom is 0.407 e. The van der Waals surface area contributed by atoms with Crippen LogP contribution in [0.1, 0.15) is 49.3 Å². The van der Waals surface area contributed by atoms with E-state index in [2.05, 4.69) is 22.8 Å². The maximum atomic E-state index is 12.7. The fourth-order valence-corrected chi connectivity index (χ4v) is 4.84. The molecule has 0 heterocycles. The molecular formula is C31H34N2O6. The lowest BCUT2D eigenvalue weighted by molar-refractivity contribution is -0.146. The van der Waals surface area contributed by atoms with Crippen LogP contribution in [0.15, 0.2) is 78.9 Å². The summed E-state index contributed by atoms with van der Waals surface area (Å²) in [6, 6.07) is 23.8. The first-order valence-electron chi connectivity index (χ1n) is 13.2. The van der Waals surface area contributed by atoms with E-state index in [0.717, 1.165) is 27.8 Å². The SMILES string of the molecule is CC[C@@H](CC(=O)N[C@@H](C(=O)O)[C@H](C)OCc1ccccc1)NC(=O)OCC1c2ccccc2-c2ccccc21. The lowest BCUT2D eigenvalue weighted by Crippen LogP contribution is -2.50. The second-order valence-corrected chi connectivity index (χ2v) is 9.66. The highest BCUT2D eigenvalue weighted by Crippen LogP contribution is 2.44. The Morgan fingerprint density at radius 2 is 1.46 bits per heavy atom. The van der Waals surface area contributed by atoms with Gasteiger partial charge in [-0.05, 0) is 41.2 Å². The van der Waals surface area contributed by atoms with Gasteiger partial charge >= 0.3 is 12.1 Å². The van der Waals surface area contributed by atoms with Crippen molar-refractivity contribution in [3.05, 3.63) is 95.6 Å². The Balaban J connectivity index is 1.28. The third kappa shape index (κ3) is 7.03. The fourth-order valence-electron chi connectivity index (χ4n) is 4.84. The Hall–Kier alpha value is -4.17. The van der Waals surface area contributed by atoms with E-state index in [1.165, 1.54) is 0 Å². The summed E-state index contributed by atoms with van der Waals surface area (Å²) in [5, 5.41) is 14.9. The quantitative estimate of drug-likeness (QED) is 0.308. The van der Waals surface area contributed by atoms with E-state index in [1.54, 1.807) is 6.92 Å². The van der Waals surface area contributed by atoms with Crippen molar-refractivity contribution in [2.45, 2.75) is 57.4 Å². The smallest absolute Gasteiger partial charge is 0.407 e. The molecule has 0 saturated carbocycles. The lowest BCUT2D eigenvalue weighted by atomic mass is 9.98. The molecule has 3 atom stereocenters. The molecule has 3 N–H and O–H groups in total. The van der Waals surface area contributed by atoms with Crippen molar-refractivity contribution in [2.24, 2.45) is 0 Å². The van der Waals surface area contributed by atoms with E-state index in [0.29, 0.717) is 6.42 Å². The first-order chi connectivity index (χ1) is 18.9. The standard InChI is InChI=1S/C31H34N2O6/c1-3-22(17-28(34)33-29(30(35)36)20(2)38-18-21-11-5-4-6-12-21)32-31(37)39-19-27-25-15-9-7-13-23(25)24-14-8-10-16-26(24)27/h4-16,20,22,27,29H,3,17-19H2,1-2H3,(H,32,37)(H,33,34)(H,35,36)/t20-,22-,29+/m0/s1. The third-order valence-electron chi connectivity index (χ3n) is 7.00. The fraction of sp³-hybridized carbons (Fsp3) is 0.323. The molecule has 204 valence electrons. The Kier molecular flexibility index (Phi) is 9.33. The molecule has 3 aromatic rings. The highest BCUT2D eigenvalue weighted by molar-refractivity contribution is 5.84. The molecule has 0 aliphatic heterocycles. The zero-order valence-corrected chi connectivity index (χ0v) is 22.1. The summed E-state index contributed by atoms with van der Waals surface area (Å²) in [4.78, 5) is 37.2. The Bertz CT molecular complexity index is 1250. The van der Waals surface area contributed by atoms with Gasteiger partial charge in [-0.15, -0.1) is 0 Å². The van der Waals surface area contributed by atoms with Gasteiger partial charge in [-0.1, -0.05) is 85.8 Å².